The summed E-state index contributed by atoms with van der Waals surface area (Å²) < 4.78 is 54.5. The van der Waals surface area contributed by atoms with Gasteiger partial charge in [-0.15, -0.1) is 22.0 Å². The first kappa shape index (κ1) is 17.9. The molecule has 0 spiro atoms. The van der Waals surface area contributed by atoms with Gasteiger partial charge in [-0.25, -0.2) is 9.37 Å². The van der Waals surface area contributed by atoms with Crippen molar-refractivity contribution in [1.29, 1.82) is 0 Å². The van der Waals surface area contributed by atoms with Gasteiger partial charge in [0.15, 0.2) is 5.65 Å². The number of aliphatic hydroxyl groups is 1. The van der Waals surface area contributed by atoms with Gasteiger partial charge >= 0.3 is 6.18 Å². The molecule has 3 aromatic rings. The monoisotopic (exact) mass is 374 g/mol. The van der Waals surface area contributed by atoms with Crippen LogP contribution in [-0.4, -0.2) is 30.4 Å². The van der Waals surface area contributed by atoms with Crippen LogP contribution in [0.5, 0.6) is 0 Å². The van der Waals surface area contributed by atoms with E-state index in [-0.39, 0.29) is 27.3 Å². The van der Waals surface area contributed by atoms with Gasteiger partial charge in [0.1, 0.15) is 10.8 Å². The number of aliphatic hydroxyl groups excluding tert-OH is 1. The van der Waals surface area contributed by atoms with Crippen molar-refractivity contribution in [3.05, 3.63) is 29.3 Å². The highest BCUT2D eigenvalue weighted by Crippen LogP contribution is 2.34. The average molecular weight is 374 g/mol. The second kappa shape index (κ2) is 6.75. The fraction of sp³-hybridized carbons (Fsp3) is 0.400. The van der Waals surface area contributed by atoms with Crippen molar-refractivity contribution in [2.45, 2.75) is 37.6 Å². The maximum absolute atomic E-state index is 13.8. The zero-order valence-corrected chi connectivity index (χ0v) is 14.0. The van der Waals surface area contributed by atoms with Crippen molar-refractivity contribution in [2.75, 3.05) is 5.75 Å². The number of halogens is 4. The molecule has 2 heterocycles. The Morgan fingerprint density at radius 3 is 2.64 bits per heavy atom. The summed E-state index contributed by atoms with van der Waals surface area (Å²) in [5.74, 6) is -1.37. The molecule has 0 atom stereocenters. The number of hydrogen-bond acceptors (Lipinski definition) is 5. The van der Waals surface area contributed by atoms with Crippen LogP contribution in [0.2, 0.25) is 0 Å². The molecule has 5 nitrogen and oxygen atoms in total. The number of aromatic nitrogens is 4. The van der Waals surface area contributed by atoms with Crippen LogP contribution in [0.25, 0.3) is 16.7 Å². The Bertz CT molecular complexity index is 925. The molecule has 0 saturated carbocycles. The summed E-state index contributed by atoms with van der Waals surface area (Å²) in [6.45, 7) is 1.45. The van der Waals surface area contributed by atoms with E-state index in [9.17, 15) is 22.7 Å². The van der Waals surface area contributed by atoms with Gasteiger partial charge in [0.2, 0.25) is 5.82 Å². The van der Waals surface area contributed by atoms with Crippen molar-refractivity contribution < 1.29 is 22.7 Å². The van der Waals surface area contributed by atoms with Crippen LogP contribution in [0.4, 0.5) is 17.6 Å². The Morgan fingerprint density at radius 2 is 2.00 bits per heavy atom. The smallest absolute Gasteiger partial charge is 0.392 e. The van der Waals surface area contributed by atoms with Gasteiger partial charge in [-0.3, -0.25) is 4.40 Å². The van der Waals surface area contributed by atoms with E-state index in [1.807, 2.05) is 6.92 Å². The molecule has 0 aliphatic rings. The fourth-order valence-corrected chi connectivity index (χ4v) is 3.50. The fourth-order valence-electron chi connectivity index (χ4n) is 2.46. The second-order valence-corrected chi connectivity index (χ2v) is 6.47. The van der Waals surface area contributed by atoms with Gasteiger partial charge in [-0.2, -0.15) is 13.2 Å². The molecule has 0 saturated heterocycles. The SMILES string of the molecule is CCCCSc1nc2c(CO)cc(F)cc2n2c(C(F)(F)F)nnc12. The second-order valence-electron chi connectivity index (χ2n) is 5.39. The molecule has 1 N–H and O–H groups in total. The van der Waals surface area contributed by atoms with E-state index >= 15 is 0 Å². The first-order valence-corrected chi connectivity index (χ1v) is 8.53. The summed E-state index contributed by atoms with van der Waals surface area (Å²) in [6, 6.07) is 1.99. The molecule has 0 bridgehead atoms. The van der Waals surface area contributed by atoms with Crippen LogP contribution < -0.4 is 0 Å². The highest BCUT2D eigenvalue weighted by Gasteiger charge is 2.38. The van der Waals surface area contributed by atoms with E-state index in [0.717, 1.165) is 29.4 Å². The van der Waals surface area contributed by atoms with E-state index in [2.05, 4.69) is 15.2 Å². The minimum absolute atomic E-state index is 0.0737. The molecule has 134 valence electrons. The predicted molar refractivity (Wildman–Crippen MR) is 84.8 cm³/mol. The number of thioether (sulfide) groups is 1. The Balaban J connectivity index is 2.36. The number of unbranched alkanes of at least 4 members (excludes halogenated alkanes) is 1. The van der Waals surface area contributed by atoms with Crippen LogP contribution in [0.15, 0.2) is 17.2 Å². The summed E-state index contributed by atoms with van der Waals surface area (Å²) in [4.78, 5) is 4.33. The first-order valence-electron chi connectivity index (χ1n) is 7.55. The third kappa shape index (κ3) is 3.28. The largest absolute Gasteiger partial charge is 0.452 e. The number of alkyl halides is 3. The standard InChI is InChI=1S/C15H14F4N4OS/c1-2-3-4-25-13-12-21-22-14(15(17,18)19)23(12)10-6-9(16)5-8(7-24)11(10)20-13/h5-6,24H,2-4,7H2,1H3. The molecule has 1 aromatic carbocycles. The Labute approximate surface area is 144 Å². The first-order chi connectivity index (χ1) is 11.9. The van der Waals surface area contributed by atoms with Crippen LogP contribution in [0, 0.1) is 5.82 Å². The third-order valence-corrected chi connectivity index (χ3v) is 4.64. The molecule has 0 aliphatic carbocycles. The normalized spacial score (nSPS) is 12.4. The Hall–Kier alpha value is -1.94. The quantitative estimate of drug-likeness (QED) is 0.418. The van der Waals surface area contributed by atoms with E-state index in [0.29, 0.717) is 5.75 Å². The Morgan fingerprint density at radius 1 is 1.24 bits per heavy atom. The molecule has 10 heteroatoms. The number of hydrogen-bond donors (Lipinski definition) is 1. The predicted octanol–water partition coefficient (Wildman–Crippen LogP) is 3.82. The van der Waals surface area contributed by atoms with Crippen LogP contribution in [0.3, 0.4) is 0 Å². The van der Waals surface area contributed by atoms with Gasteiger partial charge in [0.05, 0.1) is 17.6 Å². The highest BCUT2D eigenvalue weighted by atomic mass is 32.2. The summed E-state index contributed by atoms with van der Waals surface area (Å²) in [7, 11) is 0. The molecule has 0 radical (unpaired) electrons. The topological polar surface area (TPSA) is 63.3 Å². The number of rotatable bonds is 5. The minimum atomic E-state index is -4.76. The molecule has 2 aromatic heterocycles. The van der Waals surface area contributed by atoms with E-state index in [4.69, 9.17) is 0 Å². The van der Waals surface area contributed by atoms with Gasteiger partial charge in [0.25, 0.3) is 0 Å². The summed E-state index contributed by atoms with van der Waals surface area (Å²) in [6.07, 6.45) is -2.98. The van der Waals surface area contributed by atoms with Crippen molar-refractivity contribution in [2.24, 2.45) is 0 Å². The highest BCUT2D eigenvalue weighted by molar-refractivity contribution is 7.99. The molecule has 0 aliphatic heterocycles. The minimum Gasteiger partial charge on any atom is -0.392 e. The lowest BCUT2D eigenvalue weighted by Crippen LogP contribution is -2.12. The summed E-state index contributed by atoms with van der Waals surface area (Å²) in [5, 5.41) is 16.6. The molecule has 0 fully saturated rings. The van der Waals surface area contributed by atoms with Gasteiger partial charge in [0, 0.05) is 11.6 Å². The zero-order valence-electron chi connectivity index (χ0n) is 13.1. The lowest BCUT2D eigenvalue weighted by Gasteiger charge is -2.12. The van der Waals surface area contributed by atoms with Crippen LogP contribution in [-0.2, 0) is 12.8 Å². The van der Waals surface area contributed by atoms with Crippen molar-refractivity contribution in [1.82, 2.24) is 19.6 Å². The van der Waals surface area contributed by atoms with E-state index in [1.54, 1.807) is 0 Å². The molecule has 3 rings (SSSR count). The summed E-state index contributed by atoms with van der Waals surface area (Å²) >= 11 is 1.26. The number of fused-ring (bicyclic) bond motifs is 3. The van der Waals surface area contributed by atoms with Crippen LogP contribution >= 0.6 is 11.8 Å². The maximum atomic E-state index is 13.8. The molecule has 0 unspecified atom stereocenters. The lowest BCUT2D eigenvalue weighted by molar-refractivity contribution is -0.145. The van der Waals surface area contributed by atoms with Crippen molar-refractivity contribution >= 4 is 28.4 Å². The summed E-state index contributed by atoms with van der Waals surface area (Å²) in [5.41, 5.74) is 0.00315. The molecular weight excluding hydrogens is 360 g/mol. The Kier molecular flexibility index (Phi) is 4.83. The van der Waals surface area contributed by atoms with E-state index < -0.39 is 24.4 Å². The third-order valence-electron chi connectivity index (χ3n) is 3.60. The van der Waals surface area contributed by atoms with Crippen molar-refractivity contribution in [3.8, 4) is 0 Å². The number of nitrogens with zero attached hydrogens (tertiary/aromatic N) is 4. The van der Waals surface area contributed by atoms with Gasteiger partial charge < -0.3 is 5.11 Å². The lowest BCUT2D eigenvalue weighted by atomic mass is 10.1. The molecule has 0 amide bonds. The van der Waals surface area contributed by atoms with Gasteiger partial charge in [-0.05, 0) is 18.2 Å². The molecule has 25 heavy (non-hydrogen) atoms. The van der Waals surface area contributed by atoms with Crippen molar-refractivity contribution in [3.63, 3.8) is 0 Å². The van der Waals surface area contributed by atoms with E-state index in [1.165, 1.54) is 11.8 Å². The molecular formula is C15H14F4N4OS. The average Bonchev–Trinajstić information content (AvgIpc) is 3.00. The van der Waals surface area contributed by atoms with Crippen LogP contribution in [0.1, 0.15) is 31.2 Å². The van der Waals surface area contributed by atoms with Gasteiger partial charge in [-0.1, -0.05) is 13.3 Å². The zero-order chi connectivity index (χ0) is 18.2. The number of benzene rings is 1. The maximum Gasteiger partial charge on any atom is 0.452 e.